The van der Waals surface area contributed by atoms with E-state index in [0.717, 1.165) is 26.1 Å². The summed E-state index contributed by atoms with van der Waals surface area (Å²) in [6.45, 7) is 7.17. The van der Waals surface area contributed by atoms with Crippen LogP contribution >= 0.6 is 0 Å². The molecule has 1 aromatic carbocycles. The van der Waals surface area contributed by atoms with Gasteiger partial charge in [0.05, 0.1) is 12.5 Å². The number of rotatable bonds is 4. The van der Waals surface area contributed by atoms with Gasteiger partial charge >= 0.3 is 5.97 Å². The maximum absolute atomic E-state index is 11.6. The Bertz CT molecular complexity index is 399. The van der Waals surface area contributed by atoms with Crippen molar-refractivity contribution >= 4 is 5.97 Å². The summed E-state index contributed by atoms with van der Waals surface area (Å²) in [5, 5.41) is 0. The normalized spacial score (nSPS) is 20.0. The number of hydrogen-bond acceptors (Lipinski definition) is 3. The third-order valence-electron chi connectivity index (χ3n) is 3.42. The first-order valence-electron chi connectivity index (χ1n) is 6.63. The lowest BCUT2D eigenvalue weighted by molar-refractivity contribution is -0.147. The predicted molar refractivity (Wildman–Crippen MR) is 71.2 cm³/mol. The monoisotopic (exact) mass is 247 g/mol. The molecule has 1 aromatic rings. The molecule has 1 aliphatic rings. The first kappa shape index (κ1) is 13.1. The van der Waals surface area contributed by atoms with Crippen LogP contribution in [-0.2, 0) is 16.1 Å². The van der Waals surface area contributed by atoms with Gasteiger partial charge in [0, 0.05) is 13.1 Å². The fourth-order valence-electron chi connectivity index (χ4n) is 2.38. The molecule has 1 fully saturated rings. The first-order chi connectivity index (χ1) is 8.69. The molecule has 1 unspecified atom stereocenters. The molecular formula is C15H21NO2. The Balaban J connectivity index is 1.86. The molecule has 0 N–H and O–H groups in total. The molecule has 1 aliphatic heterocycles. The van der Waals surface area contributed by atoms with Gasteiger partial charge in [0.2, 0.25) is 0 Å². The number of ether oxygens (including phenoxy) is 1. The molecule has 0 aromatic heterocycles. The van der Waals surface area contributed by atoms with Gasteiger partial charge in [-0.25, -0.2) is 0 Å². The van der Waals surface area contributed by atoms with E-state index in [2.05, 4.69) is 36.1 Å². The van der Waals surface area contributed by atoms with Gasteiger partial charge in [-0.15, -0.1) is 0 Å². The van der Waals surface area contributed by atoms with Gasteiger partial charge in [0.1, 0.15) is 0 Å². The van der Waals surface area contributed by atoms with E-state index in [1.807, 2.05) is 6.92 Å². The zero-order valence-corrected chi connectivity index (χ0v) is 11.2. The highest BCUT2D eigenvalue weighted by Crippen LogP contribution is 2.20. The van der Waals surface area contributed by atoms with Gasteiger partial charge in [-0.2, -0.15) is 0 Å². The first-order valence-corrected chi connectivity index (χ1v) is 6.63. The van der Waals surface area contributed by atoms with Gasteiger partial charge in [0.25, 0.3) is 0 Å². The summed E-state index contributed by atoms with van der Waals surface area (Å²) in [5.74, 6) is 0.0271. The number of nitrogens with zero attached hydrogens (tertiary/aromatic N) is 1. The molecule has 3 nitrogen and oxygen atoms in total. The van der Waals surface area contributed by atoms with Crippen LogP contribution in [0.3, 0.4) is 0 Å². The lowest BCUT2D eigenvalue weighted by atomic mass is 10.1. The van der Waals surface area contributed by atoms with Crippen LogP contribution in [0.4, 0.5) is 0 Å². The van der Waals surface area contributed by atoms with Crippen LogP contribution in [0.5, 0.6) is 0 Å². The van der Waals surface area contributed by atoms with Gasteiger partial charge in [-0.1, -0.05) is 29.8 Å². The fraction of sp³-hybridized carbons (Fsp3) is 0.533. The van der Waals surface area contributed by atoms with E-state index in [0.29, 0.717) is 6.61 Å². The average molecular weight is 247 g/mol. The van der Waals surface area contributed by atoms with E-state index in [1.54, 1.807) is 0 Å². The third-order valence-corrected chi connectivity index (χ3v) is 3.42. The highest BCUT2D eigenvalue weighted by Gasteiger charge is 2.29. The van der Waals surface area contributed by atoms with Gasteiger partial charge in [-0.05, 0) is 32.4 Å². The zero-order valence-electron chi connectivity index (χ0n) is 11.2. The number of carbonyl (C=O) groups excluding carboxylic acids is 1. The molecular weight excluding hydrogens is 226 g/mol. The van der Waals surface area contributed by atoms with Gasteiger partial charge in [0.15, 0.2) is 0 Å². The Morgan fingerprint density at radius 2 is 2.11 bits per heavy atom. The largest absolute Gasteiger partial charge is 0.466 e. The Kier molecular flexibility index (Phi) is 4.37. The summed E-state index contributed by atoms with van der Waals surface area (Å²) in [5.41, 5.74) is 2.59. The Labute approximate surface area is 109 Å². The fourth-order valence-corrected chi connectivity index (χ4v) is 2.38. The van der Waals surface area contributed by atoms with E-state index >= 15 is 0 Å². The summed E-state index contributed by atoms with van der Waals surface area (Å²) in [4.78, 5) is 14.0. The SMILES string of the molecule is CCOC(=O)C1CCN(Cc2ccc(C)cc2)C1. The molecule has 3 heteroatoms. The van der Waals surface area contributed by atoms with Crippen LogP contribution in [0, 0.1) is 12.8 Å². The minimum Gasteiger partial charge on any atom is -0.466 e. The van der Waals surface area contributed by atoms with Crippen molar-refractivity contribution in [2.75, 3.05) is 19.7 Å². The summed E-state index contributed by atoms with van der Waals surface area (Å²) >= 11 is 0. The number of benzene rings is 1. The van der Waals surface area contributed by atoms with Crippen molar-refractivity contribution in [3.8, 4) is 0 Å². The molecule has 1 heterocycles. The molecule has 0 amide bonds. The molecule has 0 saturated carbocycles. The van der Waals surface area contributed by atoms with Gasteiger partial charge in [-0.3, -0.25) is 9.69 Å². The molecule has 98 valence electrons. The van der Waals surface area contributed by atoms with Crippen molar-refractivity contribution in [1.82, 2.24) is 4.90 Å². The quantitative estimate of drug-likeness (QED) is 0.765. The molecule has 0 bridgehead atoms. The second-order valence-electron chi connectivity index (χ2n) is 4.96. The number of likely N-dealkylation sites (tertiary alicyclic amines) is 1. The number of esters is 1. The molecule has 2 rings (SSSR count). The van der Waals surface area contributed by atoms with Crippen LogP contribution < -0.4 is 0 Å². The van der Waals surface area contributed by atoms with E-state index in [1.165, 1.54) is 11.1 Å². The number of hydrogen-bond donors (Lipinski definition) is 0. The van der Waals surface area contributed by atoms with Crippen molar-refractivity contribution in [1.29, 1.82) is 0 Å². The van der Waals surface area contributed by atoms with Crippen molar-refractivity contribution in [3.05, 3.63) is 35.4 Å². The Morgan fingerprint density at radius 1 is 1.39 bits per heavy atom. The van der Waals surface area contributed by atoms with Crippen LogP contribution in [0.1, 0.15) is 24.5 Å². The van der Waals surface area contributed by atoms with Crippen LogP contribution in [-0.4, -0.2) is 30.6 Å². The van der Waals surface area contributed by atoms with E-state index in [4.69, 9.17) is 4.74 Å². The third kappa shape index (κ3) is 3.33. The van der Waals surface area contributed by atoms with Crippen molar-refractivity contribution in [2.45, 2.75) is 26.8 Å². The average Bonchev–Trinajstić information content (AvgIpc) is 2.81. The minimum atomic E-state index is -0.0380. The molecule has 0 aliphatic carbocycles. The van der Waals surface area contributed by atoms with E-state index < -0.39 is 0 Å². The number of carbonyl (C=O) groups is 1. The van der Waals surface area contributed by atoms with Crippen molar-refractivity contribution in [3.63, 3.8) is 0 Å². The molecule has 1 atom stereocenters. The van der Waals surface area contributed by atoms with Crippen molar-refractivity contribution < 1.29 is 9.53 Å². The molecule has 0 radical (unpaired) electrons. The lowest BCUT2D eigenvalue weighted by Crippen LogP contribution is -2.24. The second kappa shape index (κ2) is 6.01. The smallest absolute Gasteiger partial charge is 0.310 e. The lowest BCUT2D eigenvalue weighted by Gasteiger charge is -2.15. The zero-order chi connectivity index (χ0) is 13.0. The summed E-state index contributed by atoms with van der Waals surface area (Å²) in [6.07, 6.45) is 0.921. The Morgan fingerprint density at radius 3 is 2.78 bits per heavy atom. The van der Waals surface area contributed by atoms with E-state index in [9.17, 15) is 4.79 Å². The number of aryl methyl sites for hydroxylation is 1. The molecule has 18 heavy (non-hydrogen) atoms. The van der Waals surface area contributed by atoms with Crippen molar-refractivity contribution in [2.24, 2.45) is 5.92 Å². The maximum atomic E-state index is 11.6. The highest BCUT2D eigenvalue weighted by atomic mass is 16.5. The predicted octanol–water partition coefficient (Wildman–Crippen LogP) is 2.38. The van der Waals surface area contributed by atoms with E-state index in [-0.39, 0.29) is 11.9 Å². The summed E-state index contributed by atoms with van der Waals surface area (Å²) < 4.78 is 5.07. The molecule has 0 spiro atoms. The van der Waals surface area contributed by atoms with Gasteiger partial charge < -0.3 is 4.74 Å². The minimum absolute atomic E-state index is 0.0380. The Hall–Kier alpha value is -1.35. The topological polar surface area (TPSA) is 29.5 Å². The maximum Gasteiger partial charge on any atom is 0.310 e. The van der Waals surface area contributed by atoms with Crippen LogP contribution in [0.2, 0.25) is 0 Å². The summed E-state index contributed by atoms with van der Waals surface area (Å²) in [6, 6.07) is 8.59. The van der Waals surface area contributed by atoms with Crippen LogP contribution in [0.25, 0.3) is 0 Å². The summed E-state index contributed by atoms with van der Waals surface area (Å²) in [7, 11) is 0. The highest BCUT2D eigenvalue weighted by molar-refractivity contribution is 5.73. The molecule has 1 saturated heterocycles. The van der Waals surface area contributed by atoms with Crippen LogP contribution in [0.15, 0.2) is 24.3 Å². The standard InChI is InChI=1S/C15H21NO2/c1-3-18-15(17)14-8-9-16(11-14)10-13-6-4-12(2)5-7-13/h4-7,14H,3,8-11H2,1-2H3. The second-order valence-corrected chi connectivity index (χ2v) is 4.96.